The Kier molecular flexibility index (Phi) is 7.09. The molecule has 1 aromatic carbocycles. The van der Waals surface area contributed by atoms with E-state index in [2.05, 4.69) is 24.4 Å². The maximum atomic E-state index is 5.76. The first kappa shape index (κ1) is 15.3. The molecule has 1 aromatic rings. The minimum atomic E-state index is 0. The molecule has 1 aliphatic heterocycles. The van der Waals surface area contributed by atoms with Crippen LogP contribution in [-0.2, 0) is 4.74 Å². The number of benzene rings is 1. The molecule has 18 heavy (non-hydrogen) atoms. The van der Waals surface area contributed by atoms with Gasteiger partial charge < -0.3 is 14.8 Å². The first-order valence-corrected chi connectivity index (χ1v) is 6.36. The van der Waals surface area contributed by atoms with Gasteiger partial charge in [-0.2, -0.15) is 0 Å². The molecule has 4 heteroatoms. The van der Waals surface area contributed by atoms with Crippen molar-refractivity contribution in [1.82, 2.24) is 5.32 Å². The van der Waals surface area contributed by atoms with Crippen LogP contribution in [-0.4, -0.2) is 32.4 Å². The van der Waals surface area contributed by atoms with Crippen LogP contribution in [0.1, 0.15) is 18.4 Å². The topological polar surface area (TPSA) is 30.5 Å². The van der Waals surface area contributed by atoms with E-state index in [1.807, 2.05) is 12.1 Å². The van der Waals surface area contributed by atoms with Crippen molar-refractivity contribution in [2.75, 3.05) is 26.3 Å². The molecule has 1 fully saturated rings. The van der Waals surface area contributed by atoms with Crippen molar-refractivity contribution in [2.24, 2.45) is 0 Å². The van der Waals surface area contributed by atoms with Gasteiger partial charge in [-0.3, -0.25) is 0 Å². The number of hydrogen-bond acceptors (Lipinski definition) is 3. The van der Waals surface area contributed by atoms with Gasteiger partial charge in [-0.05, 0) is 45.0 Å². The van der Waals surface area contributed by atoms with E-state index >= 15 is 0 Å². The van der Waals surface area contributed by atoms with Gasteiger partial charge >= 0.3 is 0 Å². The molecule has 0 saturated carbocycles. The average Bonchev–Trinajstić information content (AvgIpc) is 2.38. The average molecular weight is 272 g/mol. The van der Waals surface area contributed by atoms with Crippen LogP contribution in [0.4, 0.5) is 0 Å². The summed E-state index contributed by atoms with van der Waals surface area (Å²) in [6, 6.07) is 8.12. The van der Waals surface area contributed by atoms with Crippen LogP contribution in [0, 0.1) is 6.92 Å². The lowest BCUT2D eigenvalue weighted by Gasteiger charge is -2.22. The van der Waals surface area contributed by atoms with Crippen molar-refractivity contribution < 1.29 is 9.47 Å². The maximum Gasteiger partial charge on any atom is 0.119 e. The molecule has 0 radical (unpaired) electrons. The number of rotatable bonds is 5. The fourth-order valence-electron chi connectivity index (χ4n) is 1.97. The SMILES string of the molecule is Cc1ccc(OCCOC2CCNCC2)cc1.Cl. The molecule has 1 N–H and O–H groups in total. The summed E-state index contributed by atoms with van der Waals surface area (Å²) in [5.74, 6) is 0.921. The van der Waals surface area contributed by atoms with Gasteiger partial charge in [0.25, 0.3) is 0 Å². The standard InChI is InChI=1S/C14H21NO2.ClH/c1-12-2-4-13(5-3-12)16-10-11-17-14-6-8-15-9-7-14;/h2-5,14-15H,6-11H2,1H3;1H. The molecule has 0 amide bonds. The molecule has 3 nitrogen and oxygen atoms in total. The van der Waals surface area contributed by atoms with Crippen molar-refractivity contribution in [2.45, 2.75) is 25.9 Å². The zero-order chi connectivity index (χ0) is 11.9. The molecule has 0 bridgehead atoms. The Balaban J connectivity index is 0.00000162. The number of halogens is 1. The second-order valence-corrected chi connectivity index (χ2v) is 4.48. The summed E-state index contributed by atoms with van der Waals surface area (Å²) >= 11 is 0. The summed E-state index contributed by atoms with van der Waals surface area (Å²) in [4.78, 5) is 0. The fourth-order valence-corrected chi connectivity index (χ4v) is 1.97. The summed E-state index contributed by atoms with van der Waals surface area (Å²) in [5, 5.41) is 3.32. The third kappa shape index (κ3) is 5.25. The van der Waals surface area contributed by atoms with Crippen molar-refractivity contribution in [1.29, 1.82) is 0 Å². The number of hydrogen-bond donors (Lipinski definition) is 1. The lowest BCUT2D eigenvalue weighted by molar-refractivity contribution is 0.0168. The van der Waals surface area contributed by atoms with Gasteiger partial charge in [0.1, 0.15) is 12.4 Å². The van der Waals surface area contributed by atoms with Crippen LogP contribution in [0.3, 0.4) is 0 Å². The van der Waals surface area contributed by atoms with E-state index in [1.165, 1.54) is 5.56 Å². The van der Waals surface area contributed by atoms with E-state index in [0.29, 0.717) is 19.3 Å². The van der Waals surface area contributed by atoms with E-state index in [-0.39, 0.29) is 12.4 Å². The summed E-state index contributed by atoms with van der Waals surface area (Å²) < 4.78 is 11.4. The van der Waals surface area contributed by atoms with Crippen molar-refractivity contribution >= 4 is 12.4 Å². The molecule has 102 valence electrons. The Morgan fingerprint density at radius 3 is 2.44 bits per heavy atom. The molecule has 2 rings (SSSR count). The predicted molar refractivity (Wildman–Crippen MR) is 75.8 cm³/mol. The zero-order valence-electron chi connectivity index (χ0n) is 10.9. The van der Waals surface area contributed by atoms with Crippen LogP contribution >= 0.6 is 12.4 Å². The van der Waals surface area contributed by atoms with Crippen LogP contribution in [0.25, 0.3) is 0 Å². The molecule has 0 atom stereocenters. The minimum Gasteiger partial charge on any atom is -0.491 e. The van der Waals surface area contributed by atoms with Crippen molar-refractivity contribution in [3.63, 3.8) is 0 Å². The van der Waals surface area contributed by atoms with Crippen LogP contribution in [0.2, 0.25) is 0 Å². The van der Waals surface area contributed by atoms with Gasteiger partial charge in [-0.15, -0.1) is 12.4 Å². The van der Waals surface area contributed by atoms with Gasteiger partial charge in [-0.25, -0.2) is 0 Å². The number of nitrogens with one attached hydrogen (secondary N) is 1. The molecule has 0 unspecified atom stereocenters. The third-order valence-electron chi connectivity index (χ3n) is 3.01. The van der Waals surface area contributed by atoms with Crippen LogP contribution in [0.15, 0.2) is 24.3 Å². The lowest BCUT2D eigenvalue weighted by atomic mass is 10.1. The quantitative estimate of drug-likeness (QED) is 0.835. The number of aryl methyl sites for hydroxylation is 1. The van der Waals surface area contributed by atoms with E-state index in [9.17, 15) is 0 Å². The van der Waals surface area contributed by atoms with Crippen LogP contribution in [0.5, 0.6) is 5.75 Å². The van der Waals surface area contributed by atoms with Crippen LogP contribution < -0.4 is 10.1 Å². The molecular formula is C14H22ClNO2. The summed E-state index contributed by atoms with van der Waals surface area (Å²) in [6.07, 6.45) is 2.65. The number of ether oxygens (including phenoxy) is 2. The molecule has 0 spiro atoms. The van der Waals surface area contributed by atoms with Crippen molar-refractivity contribution in [3.05, 3.63) is 29.8 Å². The Morgan fingerprint density at radius 2 is 1.78 bits per heavy atom. The van der Waals surface area contributed by atoms with Gasteiger partial charge in [0.15, 0.2) is 0 Å². The molecule has 1 heterocycles. The Labute approximate surface area is 115 Å². The van der Waals surface area contributed by atoms with E-state index in [0.717, 1.165) is 31.7 Å². The predicted octanol–water partition coefficient (Wildman–Crippen LogP) is 2.56. The first-order chi connectivity index (χ1) is 8.34. The lowest BCUT2D eigenvalue weighted by Crippen LogP contribution is -2.33. The van der Waals surface area contributed by atoms with Crippen molar-refractivity contribution in [3.8, 4) is 5.75 Å². The molecule has 0 aliphatic carbocycles. The van der Waals surface area contributed by atoms with Gasteiger partial charge in [-0.1, -0.05) is 17.7 Å². The largest absolute Gasteiger partial charge is 0.491 e. The molecule has 0 aromatic heterocycles. The third-order valence-corrected chi connectivity index (χ3v) is 3.01. The fraction of sp³-hybridized carbons (Fsp3) is 0.571. The minimum absolute atomic E-state index is 0. The van der Waals surface area contributed by atoms with E-state index in [1.54, 1.807) is 0 Å². The molecule has 1 aliphatic rings. The van der Waals surface area contributed by atoms with Gasteiger partial charge in [0.2, 0.25) is 0 Å². The smallest absolute Gasteiger partial charge is 0.119 e. The highest BCUT2D eigenvalue weighted by atomic mass is 35.5. The highest BCUT2D eigenvalue weighted by Crippen LogP contribution is 2.11. The normalized spacial score (nSPS) is 16.1. The number of piperidine rings is 1. The Bertz CT molecular complexity index is 323. The molecular weight excluding hydrogens is 250 g/mol. The van der Waals surface area contributed by atoms with Gasteiger partial charge in [0, 0.05) is 0 Å². The van der Waals surface area contributed by atoms with E-state index < -0.39 is 0 Å². The van der Waals surface area contributed by atoms with E-state index in [4.69, 9.17) is 9.47 Å². The Hall–Kier alpha value is -0.770. The Morgan fingerprint density at radius 1 is 1.11 bits per heavy atom. The second-order valence-electron chi connectivity index (χ2n) is 4.48. The highest BCUT2D eigenvalue weighted by Gasteiger charge is 2.12. The highest BCUT2D eigenvalue weighted by molar-refractivity contribution is 5.85. The second kappa shape index (κ2) is 8.35. The first-order valence-electron chi connectivity index (χ1n) is 6.36. The maximum absolute atomic E-state index is 5.76. The summed E-state index contributed by atoms with van der Waals surface area (Å²) in [5.41, 5.74) is 1.25. The summed E-state index contributed by atoms with van der Waals surface area (Å²) in [6.45, 7) is 5.53. The zero-order valence-corrected chi connectivity index (χ0v) is 11.7. The molecule has 1 saturated heterocycles. The summed E-state index contributed by atoms with van der Waals surface area (Å²) in [7, 11) is 0. The monoisotopic (exact) mass is 271 g/mol. The van der Waals surface area contributed by atoms with Gasteiger partial charge in [0.05, 0.1) is 12.7 Å².